The van der Waals surface area contributed by atoms with Crippen molar-refractivity contribution in [3.05, 3.63) is 58.8 Å². The van der Waals surface area contributed by atoms with Gasteiger partial charge in [0.25, 0.3) is 0 Å². The first-order valence-electron chi connectivity index (χ1n) is 9.69. The van der Waals surface area contributed by atoms with Gasteiger partial charge in [-0.15, -0.1) is 10.2 Å². The van der Waals surface area contributed by atoms with E-state index in [9.17, 15) is 9.18 Å². The first kappa shape index (κ1) is 17.9. The number of hydrogen-bond acceptors (Lipinski definition) is 6. The highest BCUT2D eigenvalue weighted by Gasteiger charge is 2.36. The molecule has 2 aliphatic heterocycles. The van der Waals surface area contributed by atoms with Crippen molar-refractivity contribution in [1.82, 2.24) is 35.0 Å². The minimum atomic E-state index is -1.02. The number of aromatic nitrogens is 6. The molecule has 0 spiro atoms. The fraction of sp³-hybridized carbons (Fsp3) is 0.350. The molecular weight excluding hydrogens is 373 g/mol. The minimum absolute atomic E-state index is 0.117. The lowest BCUT2D eigenvalue weighted by molar-refractivity contribution is 0.179. The predicted molar refractivity (Wildman–Crippen MR) is 105 cm³/mol. The number of rotatable bonds is 3. The number of alkyl halides is 1. The summed E-state index contributed by atoms with van der Waals surface area (Å²) in [5.74, 6) is 0.960. The van der Waals surface area contributed by atoms with E-state index in [1.54, 1.807) is 35.6 Å². The number of fused-ring (bicyclic) bond motifs is 2. The number of piperidine rings is 2. The van der Waals surface area contributed by atoms with E-state index in [4.69, 9.17) is 0 Å². The van der Waals surface area contributed by atoms with E-state index < -0.39 is 6.17 Å². The minimum Gasteiger partial charge on any atom is -0.347 e. The van der Waals surface area contributed by atoms with Crippen LogP contribution in [0, 0.1) is 0 Å². The van der Waals surface area contributed by atoms with Crippen LogP contribution in [0.4, 0.5) is 4.39 Å². The van der Waals surface area contributed by atoms with Crippen molar-refractivity contribution in [3.8, 4) is 17.1 Å². The number of H-pyrrole nitrogens is 1. The average Bonchev–Trinajstić information content (AvgIpc) is 3.28. The van der Waals surface area contributed by atoms with E-state index in [0.717, 1.165) is 24.8 Å². The van der Waals surface area contributed by atoms with Crippen molar-refractivity contribution in [2.45, 2.75) is 43.9 Å². The molecule has 2 fully saturated rings. The number of pyridine rings is 1. The van der Waals surface area contributed by atoms with Gasteiger partial charge in [0, 0.05) is 36.7 Å². The van der Waals surface area contributed by atoms with Crippen LogP contribution in [0.1, 0.15) is 31.5 Å². The first-order chi connectivity index (χ1) is 14.2. The molecule has 3 aromatic heterocycles. The van der Waals surface area contributed by atoms with E-state index in [1.165, 1.54) is 12.3 Å². The van der Waals surface area contributed by atoms with Crippen molar-refractivity contribution in [2.24, 2.45) is 0 Å². The van der Waals surface area contributed by atoms with Gasteiger partial charge in [-0.2, -0.15) is 0 Å². The van der Waals surface area contributed by atoms with Gasteiger partial charge < -0.3 is 10.3 Å². The summed E-state index contributed by atoms with van der Waals surface area (Å²) in [5.41, 5.74) is 1.25. The Bertz CT molecular complexity index is 1090. The van der Waals surface area contributed by atoms with Crippen molar-refractivity contribution in [3.63, 3.8) is 0 Å². The molecule has 2 saturated heterocycles. The second-order valence-electron chi connectivity index (χ2n) is 7.49. The summed E-state index contributed by atoms with van der Waals surface area (Å²) in [4.78, 5) is 23.8. The fourth-order valence-corrected chi connectivity index (χ4v) is 4.09. The summed E-state index contributed by atoms with van der Waals surface area (Å²) in [6, 6.07) is 1.68. The van der Waals surface area contributed by atoms with Crippen molar-refractivity contribution in [1.29, 1.82) is 0 Å². The summed E-state index contributed by atoms with van der Waals surface area (Å²) >= 11 is 0. The smallest absolute Gasteiger partial charge is 0.193 e. The number of hydrogen-bond donors (Lipinski definition) is 2. The van der Waals surface area contributed by atoms with Gasteiger partial charge in [0.1, 0.15) is 24.0 Å². The van der Waals surface area contributed by atoms with Crippen LogP contribution < -0.4 is 10.7 Å². The van der Waals surface area contributed by atoms with Crippen LogP contribution in [-0.2, 0) is 0 Å². The van der Waals surface area contributed by atoms with Gasteiger partial charge in [0.2, 0.25) is 0 Å². The molecule has 5 rings (SSSR count). The third-order valence-corrected chi connectivity index (χ3v) is 5.56. The molecular formula is C20H20FN7O. The molecule has 0 amide bonds. The van der Waals surface area contributed by atoms with Crippen LogP contribution in [0.2, 0.25) is 0 Å². The summed E-state index contributed by atoms with van der Waals surface area (Å²) in [6.45, 7) is 0. The van der Waals surface area contributed by atoms with Gasteiger partial charge in [-0.1, -0.05) is 6.42 Å². The summed E-state index contributed by atoms with van der Waals surface area (Å²) < 4.78 is 16.4. The maximum absolute atomic E-state index is 14.7. The molecule has 3 atom stereocenters. The zero-order valence-corrected chi connectivity index (χ0v) is 15.6. The highest BCUT2D eigenvalue weighted by atomic mass is 19.1. The summed E-state index contributed by atoms with van der Waals surface area (Å²) in [7, 11) is 0. The normalized spacial score (nSPS) is 25.3. The second kappa shape index (κ2) is 7.32. The third-order valence-electron chi connectivity index (χ3n) is 5.56. The van der Waals surface area contributed by atoms with Gasteiger partial charge in [-0.3, -0.25) is 9.36 Å². The molecule has 29 heavy (non-hydrogen) atoms. The molecule has 2 aliphatic rings. The van der Waals surface area contributed by atoms with E-state index in [2.05, 4.69) is 30.5 Å². The van der Waals surface area contributed by atoms with E-state index >= 15 is 0 Å². The molecule has 0 radical (unpaired) electrons. The first-order valence-corrected chi connectivity index (χ1v) is 9.69. The largest absolute Gasteiger partial charge is 0.347 e. The Hall–Kier alpha value is -3.20. The van der Waals surface area contributed by atoms with Gasteiger partial charge >= 0.3 is 0 Å². The van der Waals surface area contributed by atoms with E-state index in [1.807, 2.05) is 0 Å². The topological polar surface area (TPSA) is 101 Å². The zero-order valence-electron chi connectivity index (χ0n) is 15.6. The standard InChI is InChI=1S/C20H20FN7O/c21-20-12(6-13-2-1-3-15(20)25-13)7-18-23-10-16(26-27-18)14-9-24-19(8-17(14)29)28-5-4-22-11-28/h4-5,7-11,13,15,20,25H,1-3,6H2,(H,24,29)/b12-7+/t13-,15+,20+/m1/s1. The van der Waals surface area contributed by atoms with Crippen molar-refractivity contribution in [2.75, 3.05) is 0 Å². The molecule has 2 N–H and O–H groups in total. The van der Waals surface area contributed by atoms with Gasteiger partial charge in [0.15, 0.2) is 11.3 Å². The molecule has 148 valence electrons. The Labute approximate surface area is 165 Å². The Kier molecular flexibility index (Phi) is 4.51. The second-order valence-corrected chi connectivity index (χ2v) is 7.49. The SMILES string of the molecule is O=c1cc(-n2ccnc2)[nH]cc1-c1cnc(/C=C2\C[C@H]3CCC[C@H](N3)[C@H]2F)nn1. The third kappa shape index (κ3) is 3.49. The number of nitrogens with zero attached hydrogens (tertiary/aromatic N) is 5. The van der Waals surface area contributed by atoms with Crippen molar-refractivity contribution < 1.29 is 4.39 Å². The van der Waals surface area contributed by atoms with Gasteiger partial charge in [0.05, 0.1) is 11.8 Å². The molecule has 5 heterocycles. The Morgan fingerprint density at radius 3 is 2.97 bits per heavy atom. The Morgan fingerprint density at radius 1 is 1.28 bits per heavy atom. The molecule has 0 aromatic carbocycles. The van der Waals surface area contributed by atoms with Crippen molar-refractivity contribution >= 4 is 6.08 Å². The average molecular weight is 393 g/mol. The van der Waals surface area contributed by atoms with Crippen LogP contribution in [-0.4, -0.2) is 48.0 Å². The number of nitrogens with one attached hydrogen (secondary N) is 2. The van der Waals surface area contributed by atoms with Crippen LogP contribution in [0.3, 0.4) is 0 Å². The number of aromatic amines is 1. The molecule has 3 aromatic rings. The predicted octanol–water partition coefficient (Wildman–Crippen LogP) is 2.05. The van der Waals surface area contributed by atoms with E-state index in [0.29, 0.717) is 35.4 Å². The number of halogens is 1. The Morgan fingerprint density at radius 2 is 2.21 bits per heavy atom. The van der Waals surface area contributed by atoms with Crippen LogP contribution in [0.5, 0.6) is 0 Å². The maximum Gasteiger partial charge on any atom is 0.193 e. The Balaban J connectivity index is 1.39. The lowest BCUT2D eigenvalue weighted by atomic mass is 9.82. The van der Waals surface area contributed by atoms with Gasteiger partial charge in [-0.05, 0) is 30.9 Å². The van der Waals surface area contributed by atoms with E-state index in [-0.39, 0.29) is 11.5 Å². The molecule has 0 aliphatic carbocycles. The molecule has 9 heteroatoms. The molecule has 8 nitrogen and oxygen atoms in total. The maximum atomic E-state index is 14.7. The lowest BCUT2D eigenvalue weighted by Crippen LogP contribution is -2.52. The molecule has 2 bridgehead atoms. The zero-order chi connectivity index (χ0) is 19.8. The highest BCUT2D eigenvalue weighted by Crippen LogP contribution is 2.32. The monoisotopic (exact) mass is 393 g/mol. The summed E-state index contributed by atoms with van der Waals surface area (Å²) in [6.07, 6.45) is 12.4. The van der Waals surface area contributed by atoms with Crippen LogP contribution in [0.15, 0.2) is 47.5 Å². The molecule has 0 unspecified atom stereocenters. The van der Waals surface area contributed by atoms with Gasteiger partial charge in [-0.25, -0.2) is 14.4 Å². The summed E-state index contributed by atoms with van der Waals surface area (Å²) in [5, 5.41) is 11.6. The fourth-order valence-electron chi connectivity index (χ4n) is 4.09. The van der Waals surface area contributed by atoms with Crippen LogP contribution in [0.25, 0.3) is 23.2 Å². The van der Waals surface area contributed by atoms with Crippen LogP contribution >= 0.6 is 0 Å². The lowest BCUT2D eigenvalue weighted by Gasteiger charge is -2.39. The quantitative estimate of drug-likeness (QED) is 0.706. The molecule has 0 saturated carbocycles. The number of imidazole rings is 1. The highest BCUT2D eigenvalue weighted by molar-refractivity contribution is 5.58.